The monoisotopic (exact) mass is 280 g/mol. The number of nitrogens with two attached hydrogens (primary N) is 1. The number of thiophene rings is 1. The van der Waals surface area contributed by atoms with E-state index in [0.717, 1.165) is 40.2 Å². The van der Waals surface area contributed by atoms with Crippen LogP contribution < -0.4 is 11.1 Å². The van der Waals surface area contributed by atoms with E-state index in [1.807, 2.05) is 6.92 Å². The minimum absolute atomic E-state index is 0.0222. The zero-order chi connectivity index (χ0) is 13.8. The van der Waals surface area contributed by atoms with Crippen LogP contribution in [0.25, 0.3) is 0 Å². The van der Waals surface area contributed by atoms with Crippen molar-refractivity contribution >= 4 is 22.9 Å². The highest BCUT2D eigenvalue weighted by Crippen LogP contribution is 2.30. The van der Waals surface area contributed by atoms with Gasteiger partial charge in [0.05, 0.1) is 4.88 Å². The normalized spacial score (nSPS) is 23.3. The minimum Gasteiger partial charge on any atom is -0.398 e. The van der Waals surface area contributed by atoms with Crippen LogP contribution in [0.2, 0.25) is 0 Å². The third kappa shape index (κ3) is 3.96. The molecule has 1 heterocycles. The Morgan fingerprint density at radius 2 is 2.11 bits per heavy atom. The van der Waals surface area contributed by atoms with Crippen LogP contribution in [-0.2, 0) is 0 Å². The van der Waals surface area contributed by atoms with Gasteiger partial charge in [-0.3, -0.25) is 4.79 Å². The zero-order valence-corrected chi connectivity index (χ0v) is 12.7. The molecule has 1 aromatic heterocycles. The Morgan fingerprint density at radius 1 is 1.42 bits per heavy atom. The van der Waals surface area contributed by atoms with Crippen molar-refractivity contribution in [3.8, 4) is 0 Å². The third-order valence-corrected chi connectivity index (χ3v) is 5.22. The summed E-state index contributed by atoms with van der Waals surface area (Å²) in [6.45, 7) is 5.07. The van der Waals surface area contributed by atoms with Crippen molar-refractivity contribution in [1.82, 2.24) is 5.32 Å². The Morgan fingerprint density at radius 3 is 2.68 bits per heavy atom. The van der Waals surface area contributed by atoms with Gasteiger partial charge in [0.2, 0.25) is 0 Å². The first-order valence-corrected chi connectivity index (χ1v) is 8.02. The molecule has 0 spiro atoms. The van der Waals surface area contributed by atoms with Crippen LogP contribution in [0, 0.1) is 18.8 Å². The van der Waals surface area contributed by atoms with Crippen molar-refractivity contribution in [2.45, 2.75) is 46.0 Å². The van der Waals surface area contributed by atoms with Gasteiger partial charge >= 0.3 is 0 Å². The Hall–Kier alpha value is -1.03. The highest BCUT2D eigenvalue weighted by atomic mass is 32.1. The van der Waals surface area contributed by atoms with Crippen molar-refractivity contribution in [3.05, 3.63) is 15.8 Å². The number of hydrogen-bond acceptors (Lipinski definition) is 3. The summed E-state index contributed by atoms with van der Waals surface area (Å²) < 4.78 is 0. The summed E-state index contributed by atoms with van der Waals surface area (Å²) in [6.07, 6.45) is 6.45. The summed E-state index contributed by atoms with van der Waals surface area (Å²) >= 11 is 1.47. The van der Waals surface area contributed by atoms with Gasteiger partial charge in [0.15, 0.2) is 0 Å². The van der Waals surface area contributed by atoms with Crippen LogP contribution in [0.5, 0.6) is 0 Å². The number of rotatable bonds is 4. The van der Waals surface area contributed by atoms with Crippen molar-refractivity contribution in [3.63, 3.8) is 0 Å². The lowest BCUT2D eigenvalue weighted by Crippen LogP contribution is -2.26. The van der Waals surface area contributed by atoms with Crippen LogP contribution in [0.1, 0.15) is 53.6 Å². The van der Waals surface area contributed by atoms with Crippen molar-refractivity contribution < 1.29 is 4.79 Å². The summed E-state index contributed by atoms with van der Waals surface area (Å²) in [5.41, 5.74) is 6.49. The molecule has 1 saturated carbocycles. The summed E-state index contributed by atoms with van der Waals surface area (Å²) in [6, 6.07) is 1.78. The van der Waals surface area contributed by atoms with E-state index in [0.29, 0.717) is 0 Å². The van der Waals surface area contributed by atoms with Crippen molar-refractivity contribution in [1.29, 1.82) is 0 Å². The van der Waals surface area contributed by atoms with Crippen molar-refractivity contribution in [2.24, 2.45) is 11.8 Å². The lowest BCUT2D eigenvalue weighted by atomic mass is 9.81. The average Bonchev–Trinajstić information content (AvgIpc) is 2.72. The first kappa shape index (κ1) is 14.4. The molecule has 1 aromatic rings. The Balaban J connectivity index is 1.72. The molecule has 19 heavy (non-hydrogen) atoms. The molecule has 0 bridgehead atoms. The van der Waals surface area contributed by atoms with Crippen LogP contribution in [0.15, 0.2) is 6.07 Å². The topological polar surface area (TPSA) is 55.1 Å². The number of amides is 1. The van der Waals surface area contributed by atoms with Gasteiger partial charge in [-0.25, -0.2) is 0 Å². The summed E-state index contributed by atoms with van der Waals surface area (Å²) in [5, 5.41) is 3.01. The molecule has 3 nitrogen and oxygen atoms in total. The smallest absolute Gasteiger partial charge is 0.261 e. The largest absolute Gasteiger partial charge is 0.398 e. The molecule has 2 rings (SSSR count). The van der Waals surface area contributed by atoms with Gasteiger partial charge in [0.1, 0.15) is 0 Å². The summed E-state index contributed by atoms with van der Waals surface area (Å²) in [5.74, 6) is 1.71. The lowest BCUT2D eigenvalue weighted by Gasteiger charge is -2.26. The maximum atomic E-state index is 11.9. The molecule has 3 N–H and O–H groups in total. The number of nitrogen functional groups attached to an aromatic ring is 1. The molecule has 1 aliphatic carbocycles. The predicted molar refractivity (Wildman–Crippen MR) is 81.5 cm³/mol. The molecule has 0 radical (unpaired) electrons. The molecule has 1 fully saturated rings. The highest BCUT2D eigenvalue weighted by molar-refractivity contribution is 7.14. The van der Waals surface area contributed by atoms with Gasteiger partial charge in [0, 0.05) is 17.1 Å². The van der Waals surface area contributed by atoms with E-state index in [1.165, 1.54) is 37.0 Å². The van der Waals surface area contributed by atoms with E-state index in [9.17, 15) is 4.79 Å². The molecule has 0 atom stereocenters. The van der Waals surface area contributed by atoms with Crippen LogP contribution in [0.4, 0.5) is 5.69 Å². The first-order valence-electron chi connectivity index (χ1n) is 7.20. The standard InChI is InChI=1S/C15H24N2OS/c1-10-3-5-12(6-4-10)7-8-17-15(18)14-9-13(16)11(2)19-14/h9-10,12H,3-8,16H2,1-2H3,(H,17,18). The van der Waals surface area contributed by atoms with E-state index in [1.54, 1.807) is 6.07 Å². The maximum absolute atomic E-state index is 11.9. The molecule has 0 unspecified atom stereocenters. The van der Waals surface area contributed by atoms with Gasteiger partial charge in [-0.1, -0.05) is 32.6 Å². The fourth-order valence-corrected chi connectivity index (χ4v) is 3.56. The molecule has 1 aliphatic rings. The zero-order valence-electron chi connectivity index (χ0n) is 11.9. The number of nitrogens with one attached hydrogen (secondary N) is 1. The second-order valence-corrected chi connectivity index (χ2v) is 7.05. The number of anilines is 1. The fraction of sp³-hybridized carbons (Fsp3) is 0.667. The Kier molecular flexibility index (Phi) is 4.86. The second kappa shape index (κ2) is 6.42. The van der Waals surface area contributed by atoms with Gasteiger partial charge in [0.25, 0.3) is 5.91 Å². The highest BCUT2D eigenvalue weighted by Gasteiger charge is 2.18. The first-order chi connectivity index (χ1) is 9.06. The number of carbonyl (C=O) groups is 1. The van der Waals surface area contributed by atoms with Gasteiger partial charge in [-0.15, -0.1) is 11.3 Å². The number of hydrogen-bond donors (Lipinski definition) is 2. The fourth-order valence-electron chi connectivity index (χ4n) is 2.70. The Bertz CT molecular complexity index is 414. The second-order valence-electron chi connectivity index (χ2n) is 5.79. The molecule has 4 heteroatoms. The van der Waals surface area contributed by atoms with Gasteiger partial charge in [-0.05, 0) is 31.2 Å². The summed E-state index contributed by atoms with van der Waals surface area (Å²) in [4.78, 5) is 13.7. The van der Waals surface area contributed by atoms with E-state index in [4.69, 9.17) is 5.73 Å². The number of aryl methyl sites for hydroxylation is 1. The maximum Gasteiger partial charge on any atom is 0.261 e. The molecular formula is C15H24N2OS. The lowest BCUT2D eigenvalue weighted by molar-refractivity contribution is 0.0954. The van der Waals surface area contributed by atoms with E-state index < -0.39 is 0 Å². The predicted octanol–water partition coefficient (Wildman–Crippen LogP) is 3.58. The average molecular weight is 280 g/mol. The van der Waals surface area contributed by atoms with Crippen LogP contribution in [0.3, 0.4) is 0 Å². The van der Waals surface area contributed by atoms with E-state index in [2.05, 4.69) is 12.2 Å². The number of carbonyl (C=O) groups excluding carboxylic acids is 1. The molecule has 0 aromatic carbocycles. The Labute approximate surface area is 119 Å². The van der Waals surface area contributed by atoms with Crippen LogP contribution >= 0.6 is 11.3 Å². The quantitative estimate of drug-likeness (QED) is 0.885. The minimum atomic E-state index is 0.0222. The summed E-state index contributed by atoms with van der Waals surface area (Å²) in [7, 11) is 0. The van der Waals surface area contributed by atoms with Crippen molar-refractivity contribution in [2.75, 3.05) is 12.3 Å². The molecule has 106 valence electrons. The van der Waals surface area contributed by atoms with E-state index >= 15 is 0 Å². The molecule has 0 saturated heterocycles. The molecular weight excluding hydrogens is 256 g/mol. The van der Waals surface area contributed by atoms with Gasteiger partial charge < -0.3 is 11.1 Å². The molecule has 1 amide bonds. The SMILES string of the molecule is Cc1sc(C(=O)NCCC2CCC(C)CC2)cc1N. The third-order valence-electron chi connectivity index (χ3n) is 4.15. The van der Waals surface area contributed by atoms with Crippen LogP contribution in [-0.4, -0.2) is 12.5 Å². The molecule has 0 aliphatic heterocycles. The van der Waals surface area contributed by atoms with Gasteiger partial charge in [-0.2, -0.15) is 0 Å². The van der Waals surface area contributed by atoms with E-state index in [-0.39, 0.29) is 5.91 Å².